The molecule has 0 saturated carbocycles. The summed E-state index contributed by atoms with van der Waals surface area (Å²) >= 11 is 5.05. The Hall–Kier alpha value is -2.18. The van der Waals surface area contributed by atoms with E-state index in [4.69, 9.17) is 4.74 Å². The molecule has 1 aromatic heterocycles. The summed E-state index contributed by atoms with van der Waals surface area (Å²) in [6, 6.07) is 16.0. The van der Waals surface area contributed by atoms with Gasteiger partial charge in [0.25, 0.3) is 0 Å². The first-order valence-corrected chi connectivity index (χ1v) is 9.66. The van der Waals surface area contributed by atoms with Crippen LogP contribution in [0.5, 0.6) is 5.75 Å². The quantitative estimate of drug-likeness (QED) is 0.391. The van der Waals surface area contributed by atoms with Gasteiger partial charge < -0.3 is 4.74 Å². The average molecular weight is 416 g/mol. The van der Waals surface area contributed by atoms with Gasteiger partial charge in [-0.2, -0.15) is 5.10 Å². The van der Waals surface area contributed by atoms with E-state index >= 15 is 0 Å². The predicted molar refractivity (Wildman–Crippen MR) is 109 cm³/mol. The molecular formula is C19H18BrN3OS. The number of rotatable bonds is 7. The smallest absolute Gasteiger partial charge is 0.203 e. The Morgan fingerprint density at radius 1 is 1.24 bits per heavy atom. The van der Waals surface area contributed by atoms with E-state index in [9.17, 15) is 0 Å². The van der Waals surface area contributed by atoms with E-state index in [0.717, 1.165) is 38.6 Å². The van der Waals surface area contributed by atoms with Gasteiger partial charge in [-0.15, -0.1) is 11.3 Å². The van der Waals surface area contributed by atoms with Crippen molar-refractivity contribution in [1.29, 1.82) is 0 Å². The monoisotopic (exact) mass is 415 g/mol. The van der Waals surface area contributed by atoms with Crippen LogP contribution in [0, 0.1) is 0 Å². The van der Waals surface area contributed by atoms with Crippen molar-refractivity contribution in [2.75, 3.05) is 12.0 Å². The predicted octanol–water partition coefficient (Wildman–Crippen LogP) is 5.81. The van der Waals surface area contributed by atoms with Crippen molar-refractivity contribution in [2.24, 2.45) is 5.10 Å². The summed E-state index contributed by atoms with van der Waals surface area (Å²) in [5.41, 5.74) is 6.00. The zero-order valence-electron chi connectivity index (χ0n) is 13.8. The zero-order chi connectivity index (χ0) is 17.5. The summed E-state index contributed by atoms with van der Waals surface area (Å²) in [5.74, 6) is 0.847. The summed E-state index contributed by atoms with van der Waals surface area (Å²) in [7, 11) is 0. The first-order valence-electron chi connectivity index (χ1n) is 7.98. The van der Waals surface area contributed by atoms with Crippen molar-refractivity contribution in [3.63, 3.8) is 0 Å². The molecule has 2 aromatic carbocycles. The van der Waals surface area contributed by atoms with Gasteiger partial charge in [-0.25, -0.2) is 4.98 Å². The second-order valence-electron chi connectivity index (χ2n) is 5.31. The zero-order valence-corrected chi connectivity index (χ0v) is 16.2. The van der Waals surface area contributed by atoms with Crippen LogP contribution in [-0.4, -0.2) is 17.8 Å². The Morgan fingerprint density at radius 2 is 2.08 bits per heavy atom. The summed E-state index contributed by atoms with van der Waals surface area (Å²) in [4.78, 5) is 4.54. The number of thiazole rings is 1. The third-order valence-electron chi connectivity index (χ3n) is 3.37. The molecule has 1 heterocycles. The van der Waals surface area contributed by atoms with Gasteiger partial charge in [0.1, 0.15) is 5.75 Å². The topological polar surface area (TPSA) is 46.5 Å². The number of benzene rings is 2. The lowest BCUT2D eigenvalue weighted by atomic mass is 10.2. The SMILES string of the molecule is CCCOc1ccc(C=NNc2nc(-c3ccccc3)cs2)cc1Br. The molecule has 0 aliphatic heterocycles. The molecular weight excluding hydrogens is 398 g/mol. The minimum absolute atomic E-state index is 0.710. The van der Waals surface area contributed by atoms with E-state index in [1.54, 1.807) is 6.21 Å². The summed E-state index contributed by atoms with van der Waals surface area (Å²) in [6.07, 6.45) is 2.75. The van der Waals surface area contributed by atoms with Gasteiger partial charge in [0.05, 0.1) is 23.0 Å². The normalized spacial score (nSPS) is 11.0. The van der Waals surface area contributed by atoms with Gasteiger partial charge in [-0.3, -0.25) is 5.43 Å². The number of nitrogens with one attached hydrogen (secondary N) is 1. The molecule has 0 saturated heterocycles. The van der Waals surface area contributed by atoms with Crippen molar-refractivity contribution in [3.8, 4) is 17.0 Å². The number of aromatic nitrogens is 1. The van der Waals surface area contributed by atoms with E-state index in [1.807, 2.05) is 53.9 Å². The highest BCUT2D eigenvalue weighted by Crippen LogP contribution is 2.26. The molecule has 128 valence electrons. The van der Waals surface area contributed by atoms with E-state index < -0.39 is 0 Å². The van der Waals surface area contributed by atoms with Crippen LogP contribution in [0.4, 0.5) is 5.13 Å². The van der Waals surface area contributed by atoms with Crippen LogP contribution in [0.25, 0.3) is 11.3 Å². The maximum Gasteiger partial charge on any atom is 0.203 e. The number of ether oxygens (including phenoxy) is 1. The largest absolute Gasteiger partial charge is 0.492 e. The average Bonchev–Trinajstić information content (AvgIpc) is 3.11. The van der Waals surface area contributed by atoms with Gasteiger partial charge in [-0.05, 0) is 46.1 Å². The highest BCUT2D eigenvalue weighted by Gasteiger charge is 2.03. The first kappa shape index (κ1) is 17.6. The van der Waals surface area contributed by atoms with E-state index in [-0.39, 0.29) is 0 Å². The minimum Gasteiger partial charge on any atom is -0.492 e. The molecule has 0 atom stereocenters. The number of halogens is 1. The highest BCUT2D eigenvalue weighted by molar-refractivity contribution is 9.10. The number of anilines is 1. The second-order valence-corrected chi connectivity index (χ2v) is 7.02. The maximum absolute atomic E-state index is 5.64. The molecule has 0 bridgehead atoms. The van der Waals surface area contributed by atoms with Crippen LogP contribution < -0.4 is 10.2 Å². The molecule has 0 spiro atoms. The standard InChI is InChI=1S/C19H18BrN3OS/c1-2-10-24-18-9-8-14(11-16(18)20)12-21-23-19-22-17(13-25-19)15-6-4-3-5-7-15/h3-9,11-13H,2,10H2,1H3,(H,22,23). The molecule has 0 radical (unpaired) electrons. The van der Waals surface area contributed by atoms with E-state index in [1.165, 1.54) is 11.3 Å². The van der Waals surface area contributed by atoms with Crippen molar-refractivity contribution in [1.82, 2.24) is 4.98 Å². The summed E-state index contributed by atoms with van der Waals surface area (Å²) in [5, 5.41) is 7.04. The molecule has 25 heavy (non-hydrogen) atoms. The Bertz CT molecular complexity index is 849. The molecule has 3 aromatic rings. The van der Waals surface area contributed by atoms with Crippen LogP contribution in [0.3, 0.4) is 0 Å². The maximum atomic E-state index is 5.64. The lowest BCUT2D eigenvalue weighted by Crippen LogP contribution is -1.96. The van der Waals surface area contributed by atoms with Crippen LogP contribution in [0.15, 0.2) is 63.5 Å². The third-order valence-corrected chi connectivity index (χ3v) is 4.73. The van der Waals surface area contributed by atoms with Gasteiger partial charge in [0.15, 0.2) is 0 Å². The fourth-order valence-electron chi connectivity index (χ4n) is 2.16. The summed E-state index contributed by atoms with van der Waals surface area (Å²) < 4.78 is 6.57. The molecule has 0 aliphatic rings. The minimum atomic E-state index is 0.710. The Labute approximate surface area is 159 Å². The molecule has 0 unspecified atom stereocenters. The van der Waals surface area contributed by atoms with Crippen molar-refractivity contribution >= 4 is 38.6 Å². The van der Waals surface area contributed by atoms with Crippen LogP contribution in [0.2, 0.25) is 0 Å². The van der Waals surface area contributed by atoms with Gasteiger partial charge in [0.2, 0.25) is 5.13 Å². The number of hydrogen-bond acceptors (Lipinski definition) is 5. The van der Waals surface area contributed by atoms with Crippen molar-refractivity contribution in [2.45, 2.75) is 13.3 Å². The summed E-state index contributed by atoms with van der Waals surface area (Å²) in [6.45, 7) is 2.80. The molecule has 0 amide bonds. The molecule has 0 aliphatic carbocycles. The number of hydrogen-bond donors (Lipinski definition) is 1. The Balaban J connectivity index is 1.62. The fourth-order valence-corrected chi connectivity index (χ4v) is 3.33. The number of nitrogens with zero attached hydrogens (tertiary/aromatic N) is 2. The molecule has 3 rings (SSSR count). The van der Waals surface area contributed by atoms with Crippen LogP contribution in [-0.2, 0) is 0 Å². The Kier molecular flexibility index (Phi) is 6.19. The van der Waals surface area contributed by atoms with Crippen molar-refractivity contribution < 1.29 is 4.74 Å². The van der Waals surface area contributed by atoms with Gasteiger partial charge >= 0.3 is 0 Å². The van der Waals surface area contributed by atoms with Gasteiger partial charge in [-0.1, -0.05) is 37.3 Å². The third kappa shape index (κ3) is 4.90. The van der Waals surface area contributed by atoms with E-state index in [2.05, 4.69) is 38.4 Å². The molecule has 6 heteroatoms. The second kappa shape index (κ2) is 8.78. The van der Waals surface area contributed by atoms with Crippen LogP contribution >= 0.6 is 27.3 Å². The number of hydrazone groups is 1. The first-order chi connectivity index (χ1) is 12.3. The Morgan fingerprint density at radius 3 is 2.84 bits per heavy atom. The van der Waals surface area contributed by atoms with Crippen molar-refractivity contribution in [3.05, 3.63) is 63.9 Å². The lowest BCUT2D eigenvalue weighted by Gasteiger charge is -2.07. The van der Waals surface area contributed by atoms with Crippen LogP contribution in [0.1, 0.15) is 18.9 Å². The molecule has 1 N–H and O–H groups in total. The highest BCUT2D eigenvalue weighted by atomic mass is 79.9. The molecule has 4 nitrogen and oxygen atoms in total. The lowest BCUT2D eigenvalue weighted by molar-refractivity contribution is 0.315. The fraction of sp³-hybridized carbons (Fsp3) is 0.158. The van der Waals surface area contributed by atoms with E-state index in [0.29, 0.717) is 6.61 Å². The van der Waals surface area contributed by atoms with Gasteiger partial charge in [0, 0.05) is 10.9 Å². The molecule has 0 fully saturated rings.